The fourth-order valence-electron chi connectivity index (χ4n) is 2.06. The third kappa shape index (κ3) is 2.88. The molecule has 1 aromatic rings. The zero-order chi connectivity index (χ0) is 12.3. The van der Waals surface area contributed by atoms with Crippen molar-refractivity contribution in [3.63, 3.8) is 0 Å². The van der Waals surface area contributed by atoms with E-state index in [1.165, 1.54) is 0 Å². The first-order valence-corrected chi connectivity index (χ1v) is 6.22. The predicted molar refractivity (Wildman–Crippen MR) is 64.0 cm³/mol. The maximum atomic E-state index is 11.9. The molecular weight excluding hydrogens is 218 g/mol. The Morgan fingerprint density at radius 1 is 1.59 bits per heavy atom. The average Bonchev–Trinajstić information content (AvgIpc) is 3.00. The number of nitrogens with one attached hydrogen (secondary N) is 1. The highest BCUT2D eigenvalue weighted by Gasteiger charge is 2.24. The largest absolute Gasteiger partial charge is 0.456 e. The van der Waals surface area contributed by atoms with Gasteiger partial charge in [0, 0.05) is 13.0 Å². The van der Waals surface area contributed by atoms with Crippen LogP contribution >= 0.6 is 0 Å². The Morgan fingerprint density at radius 3 is 3.00 bits per heavy atom. The summed E-state index contributed by atoms with van der Waals surface area (Å²) in [4.78, 5) is 11.9. The third-order valence-corrected chi connectivity index (χ3v) is 3.12. The Bertz CT molecular complexity index is 380. The van der Waals surface area contributed by atoms with E-state index in [9.17, 15) is 4.79 Å². The Kier molecular flexibility index (Phi) is 3.84. The Hall–Kier alpha value is -1.29. The van der Waals surface area contributed by atoms with Gasteiger partial charge in [0.15, 0.2) is 5.76 Å². The van der Waals surface area contributed by atoms with E-state index in [-0.39, 0.29) is 18.1 Å². The molecule has 0 aliphatic carbocycles. The predicted octanol–water partition coefficient (Wildman–Crippen LogP) is 2.14. The number of carbonyl (C=O) groups is 1. The van der Waals surface area contributed by atoms with Gasteiger partial charge in [0.1, 0.15) is 5.76 Å². The molecule has 1 aliphatic heterocycles. The molecule has 4 heteroatoms. The molecule has 17 heavy (non-hydrogen) atoms. The van der Waals surface area contributed by atoms with E-state index >= 15 is 0 Å². The van der Waals surface area contributed by atoms with Crippen molar-refractivity contribution in [2.75, 3.05) is 6.61 Å². The SMILES string of the molecule is CCc1ccc(C(=O)N[C@H](C)[C@H]2CCCO2)o1. The van der Waals surface area contributed by atoms with Crippen molar-refractivity contribution in [1.29, 1.82) is 0 Å². The van der Waals surface area contributed by atoms with Crippen LogP contribution in [0.1, 0.15) is 43.0 Å². The fraction of sp³-hybridized carbons (Fsp3) is 0.615. The van der Waals surface area contributed by atoms with E-state index in [0.29, 0.717) is 5.76 Å². The quantitative estimate of drug-likeness (QED) is 0.872. The van der Waals surface area contributed by atoms with Crippen LogP contribution in [0.5, 0.6) is 0 Å². The molecule has 4 nitrogen and oxygen atoms in total. The number of rotatable bonds is 4. The first-order chi connectivity index (χ1) is 8.20. The summed E-state index contributed by atoms with van der Waals surface area (Å²) < 4.78 is 10.9. The van der Waals surface area contributed by atoms with E-state index in [2.05, 4.69) is 5.32 Å². The number of aryl methyl sites for hydroxylation is 1. The number of hydrogen-bond donors (Lipinski definition) is 1. The Labute approximate surface area is 101 Å². The van der Waals surface area contributed by atoms with Crippen LogP contribution in [-0.2, 0) is 11.2 Å². The summed E-state index contributed by atoms with van der Waals surface area (Å²) in [6, 6.07) is 3.59. The van der Waals surface area contributed by atoms with Gasteiger partial charge in [-0.25, -0.2) is 0 Å². The summed E-state index contributed by atoms with van der Waals surface area (Å²) in [5, 5.41) is 2.92. The molecule has 1 N–H and O–H groups in total. The van der Waals surface area contributed by atoms with Gasteiger partial charge in [-0.1, -0.05) is 6.92 Å². The molecular formula is C13H19NO3. The minimum absolute atomic E-state index is 0.0279. The first kappa shape index (κ1) is 12.2. The van der Waals surface area contributed by atoms with Crippen LogP contribution in [0, 0.1) is 0 Å². The van der Waals surface area contributed by atoms with E-state index in [0.717, 1.165) is 31.6 Å². The standard InChI is InChI=1S/C13H19NO3/c1-3-10-6-7-12(17-10)13(15)14-9(2)11-5-4-8-16-11/h6-7,9,11H,3-5,8H2,1-2H3,(H,14,15)/t9-,11-/m1/s1. The highest BCUT2D eigenvalue weighted by molar-refractivity contribution is 5.91. The van der Waals surface area contributed by atoms with Crippen molar-refractivity contribution in [3.8, 4) is 0 Å². The number of furan rings is 1. The number of hydrogen-bond acceptors (Lipinski definition) is 3. The van der Waals surface area contributed by atoms with Crippen LogP contribution in [0.4, 0.5) is 0 Å². The lowest BCUT2D eigenvalue weighted by molar-refractivity contribution is 0.0696. The van der Waals surface area contributed by atoms with Gasteiger partial charge in [0.25, 0.3) is 5.91 Å². The lowest BCUT2D eigenvalue weighted by Crippen LogP contribution is -2.40. The Morgan fingerprint density at radius 2 is 2.41 bits per heavy atom. The van der Waals surface area contributed by atoms with Crippen molar-refractivity contribution in [1.82, 2.24) is 5.32 Å². The molecule has 0 spiro atoms. The average molecular weight is 237 g/mol. The molecule has 0 aromatic carbocycles. The van der Waals surface area contributed by atoms with Gasteiger partial charge >= 0.3 is 0 Å². The second kappa shape index (κ2) is 5.36. The minimum atomic E-state index is -0.160. The van der Waals surface area contributed by atoms with Crippen LogP contribution in [0.2, 0.25) is 0 Å². The molecule has 0 unspecified atom stereocenters. The highest BCUT2D eigenvalue weighted by atomic mass is 16.5. The number of amides is 1. The smallest absolute Gasteiger partial charge is 0.287 e. The lowest BCUT2D eigenvalue weighted by atomic mass is 10.1. The molecule has 94 valence electrons. The minimum Gasteiger partial charge on any atom is -0.456 e. The molecule has 1 saturated heterocycles. The van der Waals surface area contributed by atoms with Crippen LogP contribution in [0.15, 0.2) is 16.5 Å². The zero-order valence-corrected chi connectivity index (χ0v) is 10.4. The van der Waals surface area contributed by atoms with Gasteiger partial charge in [-0.05, 0) is 31.9 Å². The lowest BCUT2D eigenvalue weighted by Gasteiger charge is -2.19. The molecule has 2 heterocycles. The first-order valence-electron chi connectivity index (χ1n) is 6.22. The fourth-order valence-corrected chi connectivity index (χ4v) is 2.06. The second-order valence-corrected chi connectivity index (χ2v) is 4.43. The van der Waals surface area contributed by atoms with E-state index in [1.807, 2.05) is 19.9 Å². The van der Waals surface area contributed by atoms with Crippen LogP contribution in [0.3, 0.4) is 0 Å². The molecule has 0 radical (unpaired) electrons. The maximum Gasteiger partial charge on any atom is 0.287 e. The molecule has 1 amide bonds. The summed E-state index contributed by atoms with van der Waals surface area (Å²) >= 11 is 0. The third-order valence-electron chi connectivity index (χ3n) is 3.12. The summed E-state index contributed by atoms with van der Waals surface area (Å²) in [7, 11) is 0. The van der Waals surface area contributed by atoms with Gasteiger partial charge < -0.3 is 14.5 Å². The van der Waals surface area contributed by atoms with Crippen molar-refractivity contribution in [2.45, 2.75) is 45.3 Å². The monoisotopic (exact) mass is 237 g/mol. The molecule has 2 rings (SSSR count). The topological polar surface area (TPSA) is 51.5 Å². The van der Waals surface area contributed by atoms with Crippen molar-refractivity contribution in [3.05, 3.63) is 23.7 Å². The van der Waals surface area contributed by atoms with Crippen molar-refractivity contribution in [2.24, 2.45) is 0 Å². The summed E-state index contributed by atoms with van der Waals surface area (Å²) in [5.41, 5.74) is 0. The van der Waals surface area contributed by atoms with Crippen LogP contribution in [0.25, 0.3) is 0 Å². The molecule has 0 saturated carbocycles. The van der Waals surface area contributed by atoms with Crippen molar-refractivity contribution < 1.29 is 13.9 Å². The van der Waals surface area contributed by atoms with Gasteiger partial charge in [0.05, 0.1) is 12.1 Å². The van der Waals surface area contributed by atoms with Crippen LogP contribution in [-0.4, -0.2) is 24.7 Å². The summed E-state index contributed by atoms with van der Waals surface area (Å²) in [6.07, 6.45) is 3.03. The van der Waals surface area contributed by atoms with Gasteiger partial charge in [-0.3, -0.25) is 4.79 Å². The molecule has 0 bridgehead atoms. The van der Waals surface area contributed by atoms with E-state index in [4.69, 9.17) is 9.15 Å². The van der Waals surface area contributed by atoms with Crippen molar-refractivity contribution >= 4 is 5.91 Å². The highest BCUT2D eigenvalue weighted by Crippen LogP contribution is 2.16. The normalized spacial score (nSPS) is 21.4. The summed E-state index contributed by atoms with van der Waals surface area (Å²) in [5.74, 6) is 1.05. The van der Waals surface area contributed by atoms with Crippen LogP contribution < -0.4 is 5.32 Å². The molecule has 1 aromatic heterocycles. The zero-order valence-electron chi connectivity index (χ0n) is 10.4. The number of ether oxygens (including phenoxy) is 1. The number of carbonyl (C=O) groups excluding carboxylic acids is 1. The van der Waals surface area contributed by atoms with E-state index < -0.39 is 0 Å². The molecule has 1 aliphatic rings. The van der Waals surface area contributed by atoms with Gasteiger partial charge in [0.2, 0.25) is 0 Å². The molecule has 2 atom stereocenters. The maximum absolute atomic E-state index is 11.9. The second-order valence-electron chi connectivity index (χ2n) is 4.43. The molecule has 1 fully saturated rings. The Balaban J connectivity index is 1.91. The van der Waals surface area contributed by atoms with Gasteiger partial charge in [-0.15, -0.1) is 0 Å². The summed E-state index contributed by atoms with van der Waals surface area (Å²) in [6.45, 7) is 4.76. The van der Waals surface area contributed by atoms with E-state index in [1.54, 1.807) is 6.07 Å². The van der Waals surface area contributed by atoms with Gasteiger partial charge in [-0.2, -0.15) is 0 Å².